The average molecular weight is 291 g/mol. The number of nitrogens with two attached hydrogens (primary N) is 1. The summed E-state index contributed by atoms with van der Waals surface area (Å²) in [6.07, 6.45) is 0.539. The summed E-state index contributed by atoms with van der Waals surface area (Å²) in [6, 6.07) is 14.7. The van der Waals surface area contributed by atoms with E-state index in [0.29, 0.717) is 17.0 Å². The summed E-state index contributed by atoms with van der Waals surface area (Å²) in [5.74, 6) is 0. The normalized spacial score (nSPS) is 20.1. The van der Waals surface area contributed by atoms with Crippen LogP contribution in [-0.4, -0.2) is 13.0 Å². The molecule has 1 atom stereocenters. The van der Waals surface area contributed by atoms with E-state index in [9.17, 15) is 8.42 Å². The monoisotopic (exact) mass is 291 g/mol. The Bertz CT molecular complexity index is 711. The lowest BCUT2D eigenvalue weighted by molar-refractivity contribution is 0.598. The molecule has 2 N–H and O–H groups in total. The van der Waals surface area contributed by atoms with E-state index in [1.165, 1.54) is 11.8 Å². The molecular formula is C14H13NO2S2. The first kappa shape index (κ1) is 12.6. The van der Waals surface area contributed by atoms with Gasteiger partial charge in [-0.25, -0.2) is 8.42 Å². The molecule has 1 aliphatic rings. The van der Waals surface area contributed by atoms with E-state index in [1.54, 1.807) is 12.1 Å². The van der Waals surface area contributed by atoms with Crippen molar-refractivity contribution in [2.24, 2.45) is 0 Å². The molecule has 1 aliphatic heterocycles. The van der Waals surface area contributed by atoms with Crippen LogP contribution >= 0.6 is 11.8 Å². The van der Waals surface area contributed by atoms with Gasteiger partial charge in [-0.1, -0.05) is 24.3 Å². The first-order valence-electron chi connectivity index (χ1n) is 5.91. The van der Waals surface area contributed by atoms with Crippen LogP contribution in [0.2, 0.25) is 0 Å². The molecule has 5 heteroatoms. The van der Waals surface area contributed by atoms with Gasteiger partial charge in [0.15, 0.2) is 9.84 Å². The number of hydrogen-bond donors (Lipinski definition) is 1. The van der Waals surface area contributed by atoms with Gasteiger partial charge in [-0.15, -0.1) is 11.8 Å². The fraction of sp³-hybridized carbons (Fsp3) is 0.143. The van der Waals surface area contributed by atoms with Gasteiger partial charge in [-0.2, -0.15) is 0 Å². The Morgan fingerprint density at radius 2 is 1.84 bits per heavy atom. The van der Waals surface area contributed by atoms with Crippen molar-refractivity contribution < 1.29 is 8.42 Å². The second-order valence-corrected chi connectivity index (χ2v) is 8.15. The standard InChI is InChI=1S/C14H13NO2S2/c15-11-7-6-10-8-14(19(16,17)13(10)9-11)18-12-4-2-1-3-5-12/h1-7,9,14H,8,15H2. The molecule has 0 bridgehead atoms. The first-order valence-corrected chi connectivity index (χ1v) is 8.34. The fourth-order valence-electron chi connectivity index (χ4n) is 2.19. The number of anilines is 1. The van der Waals surface area contributed by atoms with Crippen molar-refractivity contribution in [2.45, 2.75) is 20.8 Å². The maximum Gasteiger partial charge on any atom is 0.191 e. The van der Waals surface area contributed by atoms with Crippen molar-refractivity contribution in [3.63, 3.8) is 0 Å². The quantitative estimate of drug-likeness (QED) is 0.864. The highest BCUT2D eigenvalue weighted by molar-refractivity contribution is 8.13. The van der Waals surface area contributed by atoms with Crippen LogP contribution in [0.5, 0.6) is 0 Å². The van der Waals surface area contributed by atoms with Crippen LogP contribution in [0.4, 0.5) is 5.69 Å². The fourth-order valence-corrected chi connectivity index (χ4v) is 5.72. The molecular weight excluding hydrogens is 278 g/mol. The highest BCUT2D eigenvalue weighted by Crippen LogP contribution is 2.40. The number of fused-ring (bicyclic) bond motifs is 1. The molecule has 2 aromatic rings. The summed E-state index contributed by atoms with van der Waals surface area (Å²) >= 11 is 1.39. The Morgan fingerprint density at radius 1 is 1.11 bits per heavy atom. The van der Waals surface area contributed by atoms with Gasteiger partial charge < -0.3 is 5.73 Å². The third-order valence-corrected chi connectivity index (χ3v) is 7.02. The largest absolute Gasteiger partial charge is 0.399 e. The molecule has 3 nitrogen and oxygen atoms in total. The number of nitrogen functional groups attached to an aromatic ring is 1. The summed E-state index contributed by atoms with van der Waals surface area (Å²) in [4.78, 5) is 1.36. The number of sulfone groups is 1. The SMILES string of the molecule is Nc1ccc2c(c1)S(=O)(=O)C(Sc1ccccc1)C2. The minimum atomic E-state index is -3.28. The lowest BCUT2D eigenvalue weighted by atomic mass is 10.1. The molecule has 0 aromatic heterocycles. The van der Waals surface area contributed by atoms with Crippen LogP contribution in [0.1, 0.15) is 5.56 Å². The van der Waals surface area contributed by atoms with Crippen molar-refractivity contribution in [1.29, 1.82) is 0 Å². The van der Waals surface area contributed by atoms with Crippen LogP contribution < -0.4 is 5.73 Å². The summed E-state index contributed by atoms with van der Waals surface area (Å²) in [7, 11) is -3.28. The Morgan fingerprint density at radius 3 is 2.58 bits per heavy atom. The van der Waals surface area contributed by atoms with Crippen LogP contribution in [0.25, 0.3) is 0 Å². The zero-order chi connectivity index (χ0) is 13.5. The van der Waals surface area contributed by atoms with Crippen LogP contribution in [0.3, 0.4) is 0 Å². The zero-order valence-electron chi connectivity index (χ0n) is 10.1. The predicted molar refractivity (Wildman–Crippen MR) is 77.8 cm³/mol. The lowest BCUT2D eigenvalue weighted by Crippen LogP contribution is -2.12. The van der Waals surface area contributed by atoms with E-state index in [1.807, 2.05) is 36.4 Å². The summed E-state index contributed by atoms with van der Waals surface area (Å²) in [6.45, 7) is 0. The van der Waals surface area contributed by atoms with Crippen LogP contribution in [-0.2, 0) is 16.3 Å². The summed E-state index contributed by atoms with van der Waals surface area (Å²) < 4.78 is 24.5. The van der Waals surface area contributed by atoms with Crippen LogP contribution in [0.15, 0.2) is 58.3 Å². The van der Waals surface area contributed by atoms with Crippen molar-refractivity contribution in [2.75, 3.05) is 5.73 Å². The van der Waals surface area contributed by atoms with Gasteiger partial charge in [0, 0.05) is 17.0 Å². The molecule has 0 radical (unpaired) electrons. The molecule has 0 spiro atoms. The van der Waals surface area contributed by atoms with Gasteiger partial charge in [-0.05, 0) is 29.8 Å². The molecule has 1 unspecified atom stereocenters. The molecule has 19 heavy (non-hydrogen) atoms. The predicted octanol–water partition coefficient (Wildman–Crippen LogP) is 2.72. The smallest absolute Gasteiger partial charge is 0.191 e. The van der Waals surface area contributed by atoms with Crippen LogP contribution in [0, 0.1) is 0 Å². The second-order valence-electron chi connectivity index (χ2n) is 4.48. The van der Waals surface area contributed by atoms with E-state index >= 15 is 0 Å². The van der Waals surface area contributed by atoms with E-state index in [2.05, 4.69) is 0 Å². The van der Waals surface area contributed by atoms with Crippen molar-refractivity contribution >= 4 is 27.3 Å². The third kappa shape index (κ3) is 2.24. The van der Waals surface area contributed by atoms with E-state index in [0.717, 1.165) is 10.5 Å². The lowest BCUT2D eigenvalue weighted by Gasteiger charge is -2.08. The summed E-state index contributed by atoms with van der Waals surface area (Å²) in [5.41, 5.74) is 7.04. The molecule has 98 valence electrons. The Kier molecular flexibility index (Phi) is 3.03. The molecule has 2 aromatic carbocycles. The number of rotatable bonds is 2. The van der Waals surface area contributed by atoms with Gasteiger partial charge in [0.1, 0.15) is 4.58 Å². The minimum absolute atomic E-state index is 0.390. The molecule has 0 amide bonds. The number of thioether (sulfide) groups is 1. The highest BCUT2D eigenvalue weighted by atomic mass is 32.3. The second kappa shape index (κ2) is 4.58. The van der Waals surface area contributed by atoms with Gasteiger partial charge in [0.2, 0.25) is 0 Å². The average Bonchev–Trinajstić information content (AvgIpc) is 2.63. The van der Waals surface area contributed by atoms with Gasteiger partial charge >= 0.3 is 0 Å². The molecule has 0 saturated heterocycles. The van der Waals surface area contributed by atoms with Gasteiger partial charge in [0.25, 0.3) is 0 Å². The highest BCUT2D eigenvalue weighted by Gasteiger charge is 2.37. The Balaban J connectivity index is 1.96. The molecule has 3 rings (SSSR count). The Labute approximate surface area is 116 Å². The first-order chi connectivity index (χ1) is 9.07. The maximum absolute atomic E-state index is 12.5. The van der Waals surface area contributed by atoms with E-state index in [-0.39, 0.29) is 0 Å². The van der Waals surface area contributed by atoms with E-state index < -0.39 is 14.4 Å². The van der Waals surface area contributed by atoms with E-state index in [4.69, 9.17) is 5.73 Å². The van der Waals surface area contributed by atoms with Gasteiger partial charge in [-0.3, -0.25) is 0 Å². The van der Waals surface area contributed by atoms with Crippen molar-refractivity contribution in [3.05, 3.63) is 54.1 Å². The zero-order valence-corrected chi connectivity index (χ0v) is 11.7. The van der Waals surface area contributed by atoms with Gasteiger partial charge in [0.05, 0.1) is 4.90 Å². The third-order valence-electron chi connectivity index (χ3n) is 3.14. The topological polar surface area (TPSA) is 60.2 Å². The molecule has 1 heterocycles. The minimum Gasteiger partial charge on any atom is -0.399 e. The molecule has 0 fully saturated rings. The van der Waals surface area contributed by atoms with Crippen molar-refractivity contribution in [1.82, 2.24) is 0 Å². The molecule has 0 aliphatic carbocycles. The van der Waals surface area contributed by atoms with Crippen molar-refractivity contribution in [3.8, 4) is 0 Å². The Hall–Kier alpha value is -1.46. The molecule has 0 saturated carbocycles. The maximum atomic E-state index is 12.5. The number of benzene rings is 2. The number of hydrogen-bond acceptors (Lipinski definition) is 4. The summed E-state index contributed by atoms with van der Waals surface area (Å²) in [5, 5.41) is 0.